The second kappa shape index (κ2) is 3.35. The summed E-state index contributed by atoms with van der Waals surface area (Å²) in [5.74, 6) is 1.68. The summed E-state index contributed by atoms with van der Waals surface area (Å²) < 4.78 is 5.58. The fourth-order valence-electron chi connectivity index (χ4n) is 3.20. The lowest BCUT2D eigenvalue weighted by atomic mass is 9.99. The van der Waals surface area contributed by atoms with Crippen LogP contribution in [0.5, 0.6) is 0 Å². The van der Waals surface area contributed by atoms with Crippen molar-refractivity contribution < 1.29 is 4.74 Å². The molecule has 14 heavy (non-hydrogen) atoms. The molecule has 5 atom stereocenters. The highest BCUT2D eigenvalue weighted by Crippen LogP contribution is 2.39. The molecule has 1 N–H and O–H groups in total. The molecule has 3 aliphatic rings. The van der Waals surface area contributed by atoms with Gasteiger partial charge in [-0.2, -0.15) is 0 Å². The van der Waals surface area contributed by atoms with Crippen LogP contribution < -0.4 is 5.32 Å². The molecule has 78 valence electrons. The Morgan fingerprint density at radius 1 is 1.21 bits per heavy atom. The zero-order valence-electron chi connectivity index (χ0n) is 8.78. The van der Waals surface area contributed by atoms with Crippen LogP contribution in [-0.2, 0) is 4.74 Å². The van der Waals surface area contributed by atoms with Gasteiger partial charge in [-0.15, -0.1) is 0 Å². The average Bonchev–Trinajstić information content (AvgIpc) is 2.83. The van der Waals surface area contributed by atoms with Gasteiger partial charge in [-0.3, -0.25) is 0 Å². The van der Waals surface area contributed by atoms with E-state index in [0.717, 1.165) is 24.5 Å². The average molecular weight is 193 g/mol. The summed E-state index contributed by atoms with van der Waals surface area (Å²) in [6, 6.07) is 1.34. The first-order valence-electron chi connectivity index (χ1n) is 5.89. The number of hydrogen-bond donors (Lipinski definition) is 1. The van der Waals surface area contributed by atoms with Gasteiger partial charge in [0.2, 0.25) is 0 Å². The van der Waals surface area contributed by atoms with Crippen molar-refractivity contribution in [3.8, 4) is 0 Å². The van der Waals surface area contributed by atoms with Gasteiger partial charge < -0.3 is 10.1 Å². The number of rotatable bonds is 2. The first-order chi connectivity index (χ1) is 6.83. The molecule has 1 aliphatic heterocycles. The van der Waals surface area contributed by atoms with Gasteiger partial charge in [-0.05, 0) is 38.0 Å². The summed E-state index contributed by atoms with van der Waals surface area (Å²) in [5.41, 5.74) is 0. The predicted molar refractivity (Wildman–Crippen MR) is 56.1 cm³/mol. The Morgan fingerprint density at radius 3 is 2.71 bits per heavy atom. The third-order valence-corrected chi connectivity index (χ3v) is 4.08. The first kappa shape index (κ1) is 8.93. The summed E-state index contributed by atoms with van der Waals surface area (Å²) in [6.07, 6.45) is 9.16. The maximum atomic E-state index is 5.58. The van der Waals surface area contributed by atoms with Gasteiger partial charge in [0.15, 0.2) is 0 Å². The summed E-state index contributed by atoms with van der Waals surface area (Å²) in [7, 11) is 0. The van der Waals surface area contributed by atoms with E-state index in [-0.39, 0.29) is 0 Å². The molecule has 2 aliphatic carbocycles. The van der Waals surface area contributed by atoms with Crippen molar-refractivity contribution in [3.63, 3.8) is 0 Å². The molecular weight excluding hydrogens is 174 g/mol. The van der Waals surface area contributed by atoms with Crippen LogP contribution in [-0.4, -0.2) is 24.8 Å². The molecule has 0 amide bonds. The Labute approximate surface area is 85.7 Å². The van der Waals surface area contributed by atoms with Gasteiger partial charge in [0, 0.05) is 18.7 Å². The SMILES string of the molecule is CC1OCCC1NC1C[C@@H]2C=C[C@H]1C2. The molecule has 1 heterocycles. The number of fused-ring (bicyclic) bond motifs is 2. The summed E-state index contributed by atoms with van der Waals surface area (Å²) in [4.78, 5) is 0. The van der Waals surface area contributed by atoms with Crippen molar-refractivity contribution in [2.24, 2.45) is 11.8 Å². The molecule has 3 rings (SSSR count). The quantitative estimate of drug-likeness (QED) is 0.674. The molecule has 2 heteroatoms. The molecule has 0 aromatic heterocycles. The smallest absolute Gasteiger partial charge is 0.0700 e. The highest BCUT2D eigenvalue weighted by molar-refractivity contribution is 5.13. The minimum Gasteiger partial charge on any atom is -0.377 e. The fraction of sp³-hybridized carbons (Fsp3) is 0.833. The van der Waals surface area contributed by atoms with E-state index < -0.39 is 0 Å². The van der Waals surface area contributed by atoms with Crippen LogP contribution in [0.4, 0.5) is 0 Å². The van der Waals surface area contributed by atoms with Crippen molar-refractivity contribution in [2.75, 3.05) is 6.61 Å². The molecule has 3 unspecified atom stereocenters. The van der Waals surface area contributed by atoms with Crippen LogP contribution in [0.2, 0.25) is 0 Å². The number of hydrogen-bond acceptors (Lipinski definition) is 2. The minimum atomic E-state index is 0.415. The number of allylic oxidation sites excluding steroid dienone is 1. The molecule has 0 aromatic carbocycles. The van der Waals surface area contributed by atoms with Gasteiger partial charge in [-0.25, -0.2) is 0 Å². The van der Waals surface area contributed by atoms with E-state index in [1.54, 1.807) is 0 Å². The van der Waals surface area contributed by atoms with Crippen molar-refractivity contribution >= 4 is 0 Å². The summed E-state index contributed by atoms with van der Waals surface area (Å²) in [6.45, 7) is 3.13. The maximum Gasteiger partial charge on any atom is 0.0700 e. The van der Waals surface area contributed by atoms with Gasteiger partial charge >= 0.3 is 0 Å². The molecule has 1 saturated carbocycles. The Kier molecular flexibility index (Phi) is 2.14. The number of nitrogens with one attached hydrogen (secondary N) is 1. The first-order valence-corrected chi connectivity index (χ1v) is 5.89. The van der Waals surface area contributed by atoms with E-state index in [1.807, 2.05) is 0 Å². The van der Waals surface area contributed by atoms with E-state index in [4.69, 9.17) is 4.74 Å². The lowest BCUT2D eigenvalue weighted by molar-refractivity contribution is 0.110. The van der Waals surface area contributed by atoms with Gasteiger partial charge in [0.25, 0.3) is 0 Å². The molecule has 0 aromatic rings. The zero-order valence-corrected chi connectivity index (χ0v) is 8.78. The molecule has 2 bridgehead atoms. The maximum absolute atomic E-state index is 5.58. The van der Waals surface area contributed by atoms with E-state index in [0.29, 0.717) is 12.1 Å². The lowest BCUT2D eigenvalue weighted by Crippen LogP contribution is -2.43. The van der Waals surface area contributed by atoms with Crippen molar-refractivity contribution in [1.29, 1.82) is 0 Å². The molecule has 1 saturated heterocycles. The Morgan fingerprint density at radius 2 is 2.14 bits per heavy atom. The van der Waals surface area contributed by atoms with E-state index in [2.05, 4.69) is 24.4 Å². The fourth-order valence-corrected chi connectivity index (χ4v) is 3.20. The van der Waals surface area contributed by atoms with Gasteiger partial charge in [0.05, 0.1) is 6.10 Å². The predicted octanol–water partition coefficient (Wildman–Crippen LogP) is 1.72. The highest BCUT2D eigenvalue weighted by atomic mass is 16.5. The van der Waals surface area contributed by atoms with Crippen molar-refractivity contribution in [1.82, 2.24) is 5.32 Å². The van der Waals surface area contributed by atoms with E-state index in [9.17, 15) is 0 Å². The Hall–Kier alpha value is -0.340. The minimum absolute atomic E-state index is 0.415. The van der Waals surface area contributed by atoms with Crippen molar-refractivity contribution in [2.45, 2.75) is 44.4 Å². The van der Waals surface area contributed by atoms with Crippen LogP contribution >= 0.6 is 0 Å². The second-order valence-corrected chi connectivity index (χ2v) is 5.02. The molecule has 2 fully saturated rings. The third kappa shape index (κ3) is 1.41. The monoisotopic (exact) mass is 193 g/mol. The molecule has 2 nitrogen and oxygen atoms in total. The van der Waals surface area contributed by atoms with Crippen LogP contribution in [0, 0.1) is 11.8 Å². The topological polar surface area (TPSA) is 21.3 Å². The molecular formula is C12H19NO. The van der Waals surface area contributed by atoms with E-state index >= 15 is 0 Å². The lowest BCUT2D eigenvalue weighted by Gasteiger charge is -2.25. The van der Waals surface area contributed by atoms with E-state index in [1.165, 1.54) is 19.3 Å². The Balaban J connectivity index is 1.60. The normalized spacial score (nSPS) is 50.5. The zero-order chi connectivity index (χ0) is 9.54. The van der Waals surface area contributed by atoms with Crippen LogP contribution in [0.15, 0.2) is 12.2 Å². The molecule has 0 radical (unpaired) electrons. The van der Waals surface area contributed by atoms with Gasteiger partial charge in [0.1, 0.15) is 0 Å². The molecule has 0 spiro atoms. The van der Waals surface area contributed by atoms with Crippen LogP contribution in [0.1, 0.15) is 26.2 Å². The summed E-state index contributed by atoms with van der Waals surface area (Å²) >= 11 is 0. The van der Waals surface area contributed by atoms with Crippen LogP contribution in [0.25, 0.3) is 0 Å². The largest absolute Gasteiger partial charge is 0.377 e. The van der Waals surface area contributed by atoms with Crippen LogP contribution in [0.3, 0.4) is 0 Å². The third-order valence-electron chi connectivity index (χ3n) is 4.08. The van der Waals surface area contributed by atoms with Crippen molar-refractivity contribution in [3.05, 3.63) is 12.2 Å². The summed E-state index contributed by atoms with van der Waals surface area (Å²) in [5, 5.41) is 3.78. The standard InChI is InChI=1S/C12H19NO/c1-8-11(4-5-14-8)13-12-7-9-2-3-10(12)6-9/h2-3,8-13H,4-7H2,1H3/t8?,9-,10+,11?,12?/m1/s1. The second-order valence-electron chi connectivity index (χ2n) is 5.02. The van der Waals surface area contributed by atoms with Gasteiger partial charge in [-0.1, -0.05) is 12.2 Å². The highest BCUT2D eigenvalue weighted by Gasteiger charge is 2.38. The Bertz CT molecular complexity index is 251. The number of ether oxygens (including phenoxy) is 1.